The monoisotopic (exact) mass is 591 g/mol. The molecule has 0 bridgehead atoms. The first-order valence-corrected chi connectivity index (χ1v) is 13.8. The molecule has 1 aliphatic heterocycles. The molecule has 220 valence electrons. The number of methoxy groups -OCH3 is 1. The molecule has 1 saturated heterocycles. The van der Waals surface area contributed by atoms with Gasteiger partial charge in [-0.25, -0.2) is 4.79 Å². The number of phenolic OH excluding ortho intramolecular Hbond substituents is 2. The van der Waals surface area contributed by atoms with Gasteiger partial charge in [0.2, 0.25) is 12.0 Å². The van der Waals surface area contributed by atoms with Crippen molar-refractivity contribution in [1.29, 1.82) is 0 Å². The van der Waals surface area contributed by atoms with Gasteiger partial charge in [0.15, 0.2) is 23.0 Å². The number of aliphatic hydroxyl groups is 3. The molecular weight excluding hydrogens is 562 g/mol. The molecule has 1 aromatic heterocycles. The van der Waals surface area contributed by atoms with E-state index in [4.69, 9.17) is 18.6 Å². The lowest BCUT2D eigenvalue weighted by Crippen LogP contribution is -2.63. The lowest BCUT2D eigenvalue weighted by Gasteiger charge is -2.39. The summed E-state index contributed by atoms with van der Waals surface area (Å²) in [5.41, 5.74) is -0.284. The van der Waals surface area contributed by atoms with E-state index in [9.17, 15) is 39.9 Å². The lowest BCUT2D eigenvalue weighted by molar-refractivity contribution is -0.267. The van der Waals surface area contributed by atoms with Gasteiger partial charge in [-0.2, -0.15) is 11.8 Å². The number of carbonyl (C=O) groups excluding carboxylic acids is 2. The van der Waals surface area contributed by atoms with Crippen molar-refractivity contribution in [2.24, 2.45) is 0 Å². The fraction of sp³-hybridized carbons (Fsp3) is 0.370. The average molecular weight is 592 g/mol. The van der Waals surface area contributed by atoms with Crippen LogP contribution in [0.1, 0.15) is 6.42 Å². The standard InChI is InChI=1S/C27H29NO12S/c1-37-26(36)13(8-9-41-2)28-25(35)24-22(33)21(32)23(34)27(40-24)39-17-11-16-18(20(31)19(17)30)14(29)10-15(38-16)12-6-4-3-5-7-12/h3-7,10-11,13,21-24,27,30-34H,8-9H2,1-2H3,(H,28,35)/t13-,21+,22+,23+,24+,27-/m0/s1. The zero-order chi connectivity index (χ0) is 29.8. The molecule has 41 heavy (non-hydrogen) atoms. The maximum atomic E-state index is 13.0. The number of fused-ring (bicyclic) bond motifs is 1. The summed E-state index contributed by atoms with van der Waals surface area (Å²) in [6.45, 7) is 0. The minimum absolute atomic E-state index is 0.157. The van der Waals surface area contributed by atoms with Crippen LogP contribution in [0.3, 0.4) is 0 Å². The van der Waals surface area contributed by atoms with Gasteiger partial charge in [-0.3, -0.25) is 9.59 Å². The van der Waals surface area contributed by atoms with Crippen LogP contribution in [0.5, 0.6) is 17.2 Å². The van der Waals surface area contributed by atoms with E-state index in [2.05, 4.69) is 5.32 Å². The van der Waals surface area contributed by atoms with E-state index >= 15 is 0 Å². The highest BCUT2D eigenvalue weighted by Gasteiger charge is 2.48. The van der Waals surface area contributed by atoms with E-state index in [1.807, 2.05) is 0 Å². The van der Waals surface area contributed by atoms with Crippen molar-refractivity contribution >= 4 is 34.6 Å². The van der Waals surface area contributed by atoms with Gasteiger partial charge in [-0.1, -0.05) is 30.3 Å². The molecule has 3 aromatic rings. The third-order valence-electron chi connectivity index (χ3n) is 6.47. The van der Waals surface area contributed by atoms with Gasteiger partial charge >= 0.3 is 5.97 Å². The Morgan fingerprint density at radius 2 is 1.76 bits per heavy atom. The van der Waals surface area contributed by atoms with Gasteiger partial charge in [-0.15, -0.1) is 0 Å². The van der Waals surface area contributed by atoms with E-state index < -0.39 is 71.3 Å². The quantitative estimate of drug-likeness (QED) is 0.148. The van der Waals surface area contributed by atoms with Gasteiger partial charge in [0, 0.05) is 17.7 Å². The van der Waals surface area contributed by atoms with Gasteiger partial charge in [0.1, 0.15) is 41.1 Å². The first-order valence-electron chi connectivity index (χ1n) is 12.4. The first-order chi connectivity index (χ1) is 19.6. The van der Waals surface area contributed by atoms with E-state index in [0.717, 1.165) is 19.2 Å². The number of aromatic hydroxyl groups is 2. The molecule has 0 spiro atoms. The normalized spacial score (nSPS) is 23.1. The van der Waals surface area contributed by atoms with Crippen molar-refractivity contribution in [3.63, 3.8) is 0 Å². The van der Waals surface area contributed by atoms with Crippen LogP contribution < -0.4 is 15.5 Å². The Hall–Kier alpha value is -3.82. The Balaban J connectivity index is 1.63. The number of carbonyl (C=O) groups is 2. The van der Waals surface area contributed by atoms with Crippen LogP contribution in [0.25, 0.3) is 22.3 Å². The summed E-state index contributed by atoms with van der Waals surface area (Å²) in [5.74, 6) is -3.39. The number of ether oxygens (including phenoxy) is 3. The molecule has 4 rings (SSSR count). The highest BCUT2D eigenvalue weighted by Crippen LogP contribution is 2.42. The van der Waals surface area contributed by atoms with Crippen LogP contribution in [0.15, 0.2) is 51.7 Å². The molecule has 1 aliphatic rings. The van der Waals surface area contributed by atoms with Gasteiger partial charge < -0.3 is 49.5 Å². The SMILES string of the molecule is COC(=O)[C@H](CCSC)NC(=O)[C@@H]1O[C@H](Oc2cc3oc(-c4ccccc4)cc(=O)c3c(O)c2O)[C@H](O)[C@H](O)[C@H]1O. The van der Waals surface area contributed by atoms with Crippen LogP contribution in [0.2, 0.25) is 0 Å². The number of aliphatic hydroxyl groups excluding tert-OH is 3. The van der Waals surface area contributed by atoms with Crippen molar-refractivity contribution in [2.45, 2.75) is 43.2 Å². The van der Waals surface area contributed by atoms with Crippen molar-refractivity contribution < 1.29 is 53.7 Å². The zero-order valence-electron chi connectivity index (χ0n) is 21.9. The molecule has 2 heterocycles. The minimum Gasteiger partial charge on any atom is -0.504 e. The van der Waals surface area contributed by atoms with Crippen molar-refractivity contribution in [3.8, 4) is 28.6 Å². The third kappa shape index (κ3) is 6.26. The number of hydrogen-bond donors (Lipinski definition) is 6. The number of benzene rings is 2. The second-order valence-corrected chi connectivity index (χ2v) is 10.2. The second kappa shape index (κ2) is 12.8. The molecule has 14 heteroatoms. The highest BCUT2D eigenvalue weighted by atomic mass is 32.2. The predicted molar refractivity (Wildman–Crippen MR) is 146 cm³/mol. The number of hydrogen-bond acceptors (Lipinski definition) is 13. The first kappa shape index (κ1) is 30.1. The summed E-state index contributed by atoms with van der Waals surface area (Å²) in [7, 11) is 1.15. The molecule has 6 N–H and O–H groups in total. The number of thioether (sulfide) groups is 1. The topological polar surface area (TPSA) is 205 Å². The molecule has 6 atom stereocenters. The summed E-state index contributed by atoms with van der Waals surface area (Å²) < 4.78 is 21.5. The summed E-state index contributed by atoms with van der Waals surface area (Å²) >= 11 is 1.42. The largest absolute Gasteiger partial charge is 0.504 e. The summed E-state index contributed by atoms with van der Waals surface area (Å²) in [6, 6.07) is 9.74. The van der Waals surface area contributed by atoms with E-state index in [1.54, 1.807) is 36.6 Å². The lowest BCUT2D eigenvalue weighted by atomic mass is 9.98. The van der Waals surface area contributed by atoms with Crippen molar-refractivity contribution in [2.75, 3.05) is 19.1 Å². The van der Waals surface area contributed by atoms with E-state index in [-0.39, 0.29) is 23.2 Å². The summed E-state index contributed by atoms with van der Waals surface area (Å²) in [4.78, 5) is 37.8. The molecule has 2 aromatic carbocycles. The summed E-state index contributed by atoms with van der Waals surface area (Å²) in [5, 5.41) is 54.6. The van der Waals surface area contributed by atoms with Crippen LogP contribution in [0, 0.1) is 0 Å². The highest BCUT2D eigenvalue weighted by molar-refractivity contribution is 7.98. The van der Waals surface area contributed by atoms with E-state index in [0.29, 0.717) is 11.3 Å². The molecule has 1 amide bonds. The maximum absolute atomic E-state index is 13.0. The Labute approximate surface area is 237 Å². The van der Waals surface area contributed by atoms with Crippen LogP contribution in [0.4, 0.5) is 0 Å². The molecule has 13 nitrogen and oxygen atoms in total. The maximum Gasteiger partial charge on any atom is 0.328 e. The molecule has 1 fully saturated rings. The Morgan fingerprint density at radius 1 is 1.05 bits per heavy atom. The zero-order valence-corrected chi connectivity index (χ0v) is 22.7. The molecule has 0 aliphatic carbocycles. The predicted octanol–water partition coefficient (Wildman–Crippen LogP) is 0.468. The Bertz CT molecular complexity index is 1460. The Kier molecular flexibility index (Phi) is 9.40. The molecule has 0 saturated carbocycles. The van der Waals surface area contributed by atoms with E-state index in [1.165, 1.54) is 11.8 Å². The number of nitrogens with one attached hydrogen (secondary N) is 1. The number of phenols is 2. The van der Waals surface area contributed by atoms with Gasteiger partial charge in [0.05, 0.1) is 7.11 Å². The van der Waals surface area contributed by atoms with Gasteiger partial charge in [-0.05, 0) is 18.4 Å². The molecular formula is C27H29NO12S. The van der Waals surface area contributed by atoms with Crippen LogP contribution >= 0.6 is 11.8 Å². The van der Waals surface area contributed by atoms with Crippen LogP contribution in [-0.2, 0) is 19.1 Å². The number of amides is 1. The molecule has 0 radical (unpaired) electrons. The van der Waals surface area contributed by atoms with Crippen molar-refractivity contribution in [3.05, 3.63) is 52.7 Å². The average Bonchev–Trinajstić information content (AvgIpc) is 2.97. The molecule has 0 unspecified atom stereocenters. The fourth-order valence-electron chi connectivity index (χ4n) is 4.27. The third-order valence-corrected chi connectivity index (χ3v) is 7.12. The van der Waals surface area contributed by atoms with Gasteiger partial charge in [0.25, 0.3) is 5.91 Å². The Morgan fingerprint density at radius 3 is 2.41 bits per heavy atom. The van der Waals surface area contributed by atoms with Crippen LogP contribution in [-0.4, -0.2) is 93.3 Å². The minimum atomic E-state index is -1.95. The second-order valence-electron chi connectivity index (χ2n) is 9.17. The fourth-order valence-corrected chi connectivity index (χ4v) is 4.74. The smallest absolute Gasteiger partial charge is 0.328 e. The number of esters is 1. The van der Waals surface area contributed by atoms with Crippen molar-refractivity contribution in [1.82, 2.24) is 5.32 Å². The summed E-state index contributed by atoms with van der Waals surface area (Å²) in [6.07, 6.45) is -7.48. The number of rotatable bonds is 9.